The van der Waals surface area contributed by atoms with Crippen molar-refractivity contribution in [2.45, 2.75) is 19.3 Å². The van der Waals surface area contributed by atoms with E-state index in [0.29, 0.717) is 0 Å². The molecule has 1 rings (SSSR count). The lowest BCUT2D eigenvalue weighted by Crippen LogP contribution is -2.19. The lowest BCUT2D eigenvalue weighted by Gasteiger charge is -2.17. The van der Waals surface area contributed by atoms with Crippen molar-refractivity contribution in [3.63, 3.8) is 0 Å². The average Bonchev–Trinajstić information content (AvgIpc) is 2.24. The van der Waals surface area contributed by atoms with E-state index in [2.05, 4.69) is 30.8 Å². The van der Waals surface area contributed by atoms with Crippen LogP contribution >= 0.6 is 15.9 Å². The van der Waals surface area contributed by atoms with Gasteiger partial charge in [-0.15, -0.1) is 0 Å². The Kier molecular flexibility index (Phi) is 5.57. The Labute approximate surface area is 98.5 Å². The second kappa shape index (κ2) is 6.74. The molecule has 0 aliphatic rings. The summed E-state index contributed by atoms with van der Waals surface area (Å²) < 4.78 is 0.801. The Morgan fingerprint density at radius 1 is 1.33 bits per heavy atom. The van der Waals surface area contributed by atoms with Crippen molar-refractivity contribution >= 4 is 21.7 Å². The van der Waals surface area contributed by atoms with Gasteiger partial charge < -0.3 is 10.0 Å². The van der Waals surface area contributed by atoms with Gasteiger partial charge in [0.2, 0.25) is 0 Å². The van der Waals surface area contributed by atoms with Gasteiger partial charge in [-0.25, -0.2) is 9.97 Å². The van der Waals surface area contributed by atoms with Gasteiger partial charge in [-0.1, -0.05) is 0 Å². The molecule has 0 saturated heterocycles. The highest BCUT2D eigenvalue weighted by Crippen LogP contribution is 2.13. The highest BCUT2D eigenvalue weighted by atomic mass is 79.9. The molecule has 1 N–H and O–H groups in total. The second-order valence-electron chi connectivity index (χ2n) is 3.40. The third-order valence-corrected chi connectivity index (χ3v) is 2.60. The van der Waals surface area contributed by atoms with E-state index in [1.807, 2.05) is 13.1 Å². The largest absolute Gasteiger partial charge is 0.396 e. The van der Waals surface area contributed by atoms with Crippen LogP contribution < -0.4 is 4.90 Å². The van der Waals surface area contributed by atoms with Crippen LogP contribution in [-0.2, 0) is 0 Å². The Bertz CT molecular complexity index is 296. The number of hydrogen-bond donors (Lipinski definition) is 1. The fourth-order valence-electron chi connectivity index (χ4n) is 1.29. The van der Waals surface area contributed by atoms with Gasteiger partial charge in [-0.2, -0.15) is 0 Å². The monoisotopic (exact) mass is 273 g/mol. The first kappa shape index (κ1) is 12.4. The number of aromatic nitrogens is 2. The summed E-state index contributed by atoms with van der Waals surface area (Å²) in [6.45, 7) is 1.23. The molecule has 0 amide bonds. The van der Waals surface area contributed by atoms with Gasteiger partial charge in [0.25, 0.3) is 0 Å². The molecule has 0 radical (unpaired) electrons. The van der Waals surface area contributed by atoms with E-state index in [1.54, 1.807) is 6.33 Å². The smallest absolute Gasteiger partial charge is 0.132 e. The fraction of sp³-hybridized carbons (Fsp3) is 0.600. The quantitative estimate of drug-likeness (QED) is 0.635. The summed E-state index contributed by atoms with van der Waals surface area (Å²) >= 11 is 3.31. The maximum Gasteiger partial charge on any atom is 0.132 e. The van der Waals surface area contributed by atoms with E-state index in [4.69, 9.17) is 5.11 Å². The molecule has 84 valence electrons. The topological polar surface area (TPSA) is 49.2 Å². The SMILES string of the molecule is CN(CCCCCO)c1cc(Br)ncn1. The highest BCUT2D eigenvalue weighted by molar-refractivity contribution is 9.10. The summed E-state index contributed by atoms with van der Waals surface area (Å²) in [7, 11) is 2.01. The van der Waals surface area contributed by atoms with Crippen LogP contribution in [0.2, 0.25) is 0 Å². The number of hydrogen-bond acceptors (Lipinski definition) is 4. The van der Waals surface area contributed by atoms with E-state index in [-0.39, 0.29) is 6.61 Å². The van der Waals surface area contributed by atoms with Crippen molar-refractivity contribution in [2.24, 2.45) is 0 Å². The molecular formula is C10H16BrN3O. The first-order valence-electron chi connectivity index (χ1n) is 5.03. The van der Waals surface area contributed by atoms with E-state index < -0.39 is 0 Å². The Hall–Kier alpha value is -0.680. The van der Waals surface area contributed by atoms with Crippen LogP contribution in [0.25, 0.3) is 0 Å². The van der Waals surface area contributed by atoms with Gasteiger partial charge in [-0.3, -0.25) is 0 Å². The number of halogens is 1. The summed E-state index contributed by atoms with van der Waals surface area (Å²) in [5, 5.41) is 8.64. The number of nitrogens with zero attached hydrogens (tertiary/aromatic N) is 3. The molecular weight excluding hydrogens is 258 g/mol. The molecule has 0 fully saturated rings. The zero-order chi connectivity index (χ0) is 11.1. The number of anilines is 1. The lowest BCUT2D eigenvalue weighted by molar-refractivity contribution is 0.283. The van der Waals surface area contributed by atoms with Crippen molar-refractivity contribution < 1.29 is 5.11 Å². The predicted octanol–water partition coefficient (Wildman–Crippen LogP) is 1.84. The van der Waals surface area contributed by atoms with E-state index in [9.17, 15) is 0 Å². The van der Waals surface area contributed by atoms with Gasteiger partial charge in [0, 0.05) is 26.3 Å². The molecule has 0 spiro atoms. The van der Waals surface area contributed by atoms with Crippen LogP contribution in [0.15, 0.2) is 17.0 Å². The fourth-order valence-corrected chi connectivity index (χ4v) is 1.58. The molecule has 0 saturated carbocycles. The minimum Gasteiger partial charge on any atom is -0.396 e. The van der Waals surface area contributed by atoms with Crippen LogP contribution in [0.5, 0.6) is 0 Å². The Morgan fingerprint density at radius 3 is 2.80 bits per heavy atom. The third-order valence-electron chi connectivity index (χ3n) is 2.16. The van der Waals surface area contributed by atoms with Crippen molar-refractivity contribution in [3.05, 3.63) is 17.0 Å². The molecule has 0 atom stereocenters. The molecule has 1 aromatic heterocycles. The van der Waals surface area contributed by atoms with Crippen LogP contribution in [-0.4, -0.2) is 35.3 Å². The molecule has 0 aromatic carbocycles. The molecule has 0 aliphatic carbocycles. The van der Waals surface area contributed by atoms with E-state index in [1.165, 1.54) is 0 Å². The lowest BCUT2D eigenvalue weighted by atomic mass is 10.2. The number of aliphatic hydroxyl groups is 1. The first-order chi connectivity index (χ1) is 7.24. The summed E-state index contributed by atoms with van der Waals surface area (Å²) in [5.74, 6) is 0.917. The summed E-state index contributed by atoms with van der Waals surface area (Å²) in [6, 6.07) is 1.89. The third kappa shape index (κ3) is 4.57. The molecule has 0 bridgehead atoms. The summed E-state index contributed by atoms with van der Waals surface area (Å²) in [4.78, 5) is 10.2. The number of unbranched alkanes of at least 4 members (excludes halogenated alkanes) is 2. The zero-order valence-electron chi connectivity index (χ0n) is 8.86. The van der Waals surface area contributed by atoms with Crippen molar-refractivity contribution in [3.8, 4) is 0 Å². The van der Waals surface area contributed by atoms with Crippen LogP contribution in [0.3, 0.4) is 0 Å². The maximum atomic E-state index is 8.64. The van der Waals surface area contributed by atoms with Crippen molar-refractivity contribution in [2.75, 3.05) is 25.1 Å². The molecule has 0 unspecified atom stereocenters. The predicted molar refractivity (Wildman–Crippen MR) is 63.9 cm³/mol. The molecule has 4 nitrogen and oxygen atoms in total. The number of aliphatic hydroxyl groups excluding tert-OH is 1. The molecule has 5 heteroatoms. The maximum absolute atomic E-state index is 8.64. The standard InChI is InChI=1S/C10H16BrN3O/c1-14(5-3-2-4-6-15)10-7-9(11)12-8-13-10/h7-8,15H,2-6H2,1H3. The second-order valence-corrected chi connectivity index (χ2v) is 4.22. The minimum absolute atomic E-state index is 0.281. The van der Waals surface area contributed by atoms with Crippen molar-refractivity contribution in [1.29, 1.82) is 0 Å². The van der Waals surface area contributed by atoms with Gasteiger partial charge in [0.05, 0.1) is 0 Å². The van der Waals surface area contributed by atoms with Crippen LogP contribution in [0.4, 0.5) is 5.82 Å². The van der Waals surface area contributed by atoms with Gasteiger partial charge in [0.1, 0.15) is 16.7 Å². The van der Waals surface area contributed by atoms with Gasteiger partial charge in [0.15, 0.2) is 0 Å². The highest BCUT2D eigenvalue weighted by Gasteiger charge is 2.02. The van der Waals surface area contributed by atoms with E-state index in [0.717, 1.165) is 36.2 Å². The number of rotatable bonds is 6. The summed E-state index contributed by atoms with van der Waals surface area (Å²) in [6.07, 6.45) is 4.54. The van der Waals surface area contributed by atoms with Crippen molar-refractivity contribution in [1.82, 2.24) is 9.97 Å². The molecule has 1 aromatic rings. The minimum atomic E-state index is 0.281. The average molecular weight is 274 g/mol. The molecule has 1 heterocycles. The summed E-state index contributed by atoms with van der Waals surface area (Å²) in [5.41, 5.74) is 0. The van der Waals surface area contributed by atoms with Gasteiger partial charge >= 0.3 is 0 Å². The van der Waals surface area contributed by atoms with E-state index >= 15 is 0 Å². The first-order valence-corrected chi connectivity index (χ1v) is 5.83. The van der Waals surface area contributed by atoms with Gasteiger partial charge in [-0.05, 0) is 35.2 Å². The normalized spacial score (nSPS) is 10.3. The zero-order valence-corrected chi connectivity index (χ0v) is 10.4. The molecule has 0 aliphatic heterocycles. The van der Waals surface area contributed by atoms with Crippen LogP contribution in [0, 0.1) is 0 Å². The molecule has 15 heavy (non-hydrogen) atoms. The van der Waals surface area contributed by atoms with Crippen LogP contribution in [0.1, 0.15) is 19.3 Å². The Morgan fingerprint density at radius 2 is 2.13 bits per heavy atom. The Balaban J connectivity index is 2.36.